The van der Waals surface area contributed by atoms with Crippen LogP contribution in [0.2, 0.25) is 0 Å². The zero-order valence-electron chi connectivity index (χ0n) is 10.9. The Kier molecular flexibility index (Phi) is 4.39. The summed E-state index contributed by atoms with van der Waals surface area (Å²) in [6, 6.07) is 8.18. The van der Waals surface area contributed by atoms with Crippen molar-refractivity contribution in [3.8, 4) is 0 Å². The van der Waals surface area contributed by atoms with E-state index in [0.717, 1.165) is 19.3 Å². The van der Waals surface area contributed by atoms with Crippen LogP contribution < -0.4 is 10.6 Å². The predicted molar refractivity (Wildman–Crippen MR) is 70.5 cm³/mol. The maximum absolute atomic E-state index is 11.8. The van der Waals surface area contributed by atoms with Crippen molar-refractivity contribution in [3.63, 3.8) is 0 Å². The Hall–Kier alpha value is -2.04. The Balaban J connectivity index is 2.01. The van der Waals surface area contributed by atoms with Crippen LogP contribution in [0.1, 0.15) is 30.9 Å². The van der Waals surface area contributed by atoms with Gasteiger partial charge in [0.25, 0.3) is 0 Å². The molecule has 1 aliphatic carbocycles. The van der Waals surface area contributed by atoms with Gasteiger partial charge in [-0.05, 0) is 24.8 Å². The van der Waals surface area contributed by atoms with E-state index in [1.165, 1.54) is 7.11 Å². The summed E-state index contributed by atoms with van der Waals surface area (Å²) in [6.07, 6.45) is 3.15. The van der Waals surface area contributed by atoms with Crippen LogP contribution in [0.5, 0.6) is 0 Å². The third kappa shape index (κ3) is 3.47. The number of carbonyl (C=O) groups is 2. The van der Waals surface area contributed by atoms with Crippen LogP contribution >= 0.6 is 0 Å². The molecule has 2 amide bonds. The van der Waals surface area contributed by atoms with E-state index < -0.39 is 12.0 Å². The molecule has 1 fully saturated rings. The van der Waals surface area contributed by atoms with Gasteiger partial charge in [-0.25, -0.2) is 9.59 Å². The molecule has 1 aliphatic rings. The summed E-state index contributed by atoms with van der Waals surface area (Å²) in [5.41, 5.74) is 0.707. The van der Waals surface area contributed by atoms with Crippen molar-refractivity contribution < 1.29 is 14.3 Å². The molecule has 0 aliphatic heterocycles. The molecular weight excluding hydrogens is 244 g/mol. The number of esters is 1. The van der Waals surface area contributed by atoms with Gasteiger partial charge in [-0.15, -0.1) is 0 Å². The van der Waals surface area contributed by atoms with Crippen molar-refractivity contribution in [1.82, 2.24) is 10.6 Å². The van der Waals surface area contributed by atoms with Gasteiger partial charge >= 0.3 is 12.0 Å². The number of nitrogens with one attached hydrogen (secondary N) is 2. The summed E-state index contributed by atoms with van der Waals surface area (Å²) in [5.74, 6) is -0.477. The van der Waals surface area contributed by atoms with Crippen molar-refractivity contribution in [1.29, 1.82) is 0 Å². The number of amides is 2. The van der Waals surface area contributed by atoms with Crippen molar-refractivity contribution in [2.24, 2.45) is 0 Å². The summed E-state index contributed by atoms with van der Waals surface area (Å²) in [6.45, 7) is 0. The zero-order valence-corrected chi connectivity index (χ0v) is 10.9. The molecule has 2 rings (SSSR count). The van der Waals surface area contributed by atoms with Crippen LogP contribution in [-0.4, -0.2) is 25.2 Å². The number of urea groups is 1. The van der Waals surface area contributed by atoms with Gasteiger partial charge in [-0.1, -0.05) is 30.3 Å². The minimum Gasteiger partial charge on any atom is -0.467 e. The lowest BCUT2D eigenvalue weighted by atomic mass is 9.93. The topological polar surface area (TPSA) is 67.4 Å². The van der Waals surface area contributed by atoms with E-state index in [-0.39, 0.29) is 12.1 Å². The average Bonchev–Trinajstić information content (AvgIpc) is 2.40. The van der Waals surface area contributed by atoms with Gasteiger partial charge in [-0.3, -0.25) is 0 Å². The summed E-state index contributed by atoms with van der Waals surface area (Å²) in [7, 11) is 1.31. The second-order valence-corrected chi connectivity index (χ2v) is 4.61. The Morgan fingerprint density at radius 3 is 2.47 bits per heavy atom. The quantitative estimate of drug-likeness (QED) is 0.812. The van der Waals surface area contributed by atoms with Crippen LogP contribution in [0.15, 0.2) is 30.3 Å². The standard InChI is InChI=1S/C14H18N2O3/c1-19-13(17)12(10-6-3-2-4-7-10)16-14(18)15-11-8-5-9-11/h2-4,6-7,11-12H,5,8-9H2,1H3,(H2,15,16,18). The first-order chi connectivity index (χ1) is 9.20. The van der Waals surface area contributed by atoms with E-state index in [1.807, 2.05) is 18.2 Å². The lowest BCUT2D eigenvalue weighted by Gasteiger charge is -2.27. The lowest BCUT2D eigenvalue weighted by molar-refractivity contribution is -0.143. The second kappa shape index (κ2) is 6.22. The molecule has 5 nitrogen and oxygen atoms in total. The number of hydrogen-bond donors (Lipinski definition) is 2. The lowest BCUT2D eigenvalue weighted by Crippen LogP contribution is -2.47. The van der Waals surface area contributed by atoms with Gasteiger partial charge < -0.3 is 15.4 Å². The highest BCUT2D eigenvalue weighted by Crippen LogP contribution is 2.18. The van der Waals surface area contributed by atoms with Crippen molar-refractivity contribution in [2.75, 3.05) is 7.11 Å². The molecule has 0 radical (unpaired) electrons. The number of ether oxygens (including phenoxy) is 1. The Morgan fingerprint density at radius 1 is 1.26 bits per heavy atom. The number of benzene rings is 1. The molecule has 1 aromatic carbocycles. The van der Waals surface area contributed by atoms with Crippen molar-refractivity contribution in [2.45, 2.75) is 31.3 Å². The fourth-order valence-electron chi connectivity index (χ4n) is 1.95. The minimum absolute atomic E-state index is 0.231. The predicted octanol–water partition coefficient (Wildman–Crippen LogP) is 1.75. The molecule has 5 heteroatoms. The van der Waals surface area contributed by atoms with E-state index in [4.69, 9.17) is 4.74 Å². The molecule has 0 aromatic heterocycles. The molecule has 0 bridgehead atoms. The summed E-state index contributed by atoms with van der Waals surface area (Å²) >= 11 is 0. The summed E-state index contributed by atoms with van der Waals surface area (Å²) in [5, 5.41) is 5.50. The molecule has 1 atom stereocenters. The highest BCUT2D eigenvalue weighted by molar-refractivity contribution is 5.84. The number of hydrogen-bond acceptors (Lipinski definition) is 3. The highest BCUT2D eigenvalue weighted by Gasteiger charge is 2.25. The zero-order chi connectivity index (χ0) is 13.7. The van der Waals surface area contributed by atoms with E-state index in [0.29, 0.717) is 5.56 Å². The molecule has 19 heavy (non-hydrogen) atoms. The van der Waals surface area contributed by atoms with Crippen LogP contribution in [-0.2, 0) is 9.53 Å². The summed E-state index contributed by atoms with van der Waals surface area (Å²) < 4.78 is 4.73. The first-order valence-electron chi connectivity index (χ1n) is 6.40. The van der Waals surface area contributed by atoms with E-state index in [1.54, 1.807) is 12.1 Å². The van der Waals surface area contributed by atoms with E-state index in [2.05, 4.69) is 10.6 Å². The Morgan fingerprint density at radius 2 is 1.95 bits per heavy atom. The van der Waals surface area contributed by atoms with Crippen molar-refractivity contribution >= 4 is 12.0 Å². The molecule has 0 heterocycles. The molecule has 102 valence electrons. The SMILES string of the molecule is COC(=O)C(NC(=O)NC1CCC1)c1ccccc1. The van der Waals surface area contributed by atoms with Crippen LogP contribution in [0, 0.1) is 0 Å². The Labute approximate surface area is 112 Å². The van der Waals surface area contributed by atoms with Crippen molar-refractivity contribution in [3.05, 3.63) is 35.9 Å². The number of carbonyl (C=O) groups excluding carboxylic acids is 2. The fourth-order valence-corrected chi connectivity index (χ4v) is 1.95. The van der Waals surface area contributed by atoms with Gasteiger partial charge in [0.1, 0.15) is 0 Å². The molecule has 1 unspecified atom stereocenters. The number of methoxy groups -OCH3 is 1. The molecule has 0 spiro atoms. The maximum atomic E-state index is 11.8. The smallest absolute Gasteiger partial charge is 0.333 e. The minimum atomic E-state index is -0.772. The fraction of sp³-hybridized carbons (Fsp3) is 0.429. The van der Waals surface area contributed by atoms with Crippen LogP contribution in [0.25, 0.3) is 0 Å². The van der Waals surface area contributed by atoms with Gasteiger partial charge in [-0.2, -0.15) is 0 Å². The molecule has 1 aromatic rings. The van der Waals surface area contributed by atoms with Crippen LogP contribution in [0.4, 0.5) is 4.79 Å². The van der Waals surface area contributed by atoms with E-state index in [9.17, 15) is 9.59 Å². The van der Waals surface area contributed by atoms with Gasteiger partial charge in [0.2, 0.25) is 0 Å². The third-order valence-electron chi connectivity index (χ3n) is 3.29. The molecule has 2 N–H and O–H groups in total. The molecule has 0 saturated heterocycles. The highest BCUT2D eigenvalue weighted by atomic mass is 16.5. The average molecular weight is 262 g/mol. The third-order valence-corrected chi connectivity index (χ3v) is 3.29. The summed E-state index contributed by atoms with van der Waals surface area (Å²) in [4.78, 5) is 23.6. The van der Waals surface area contributed by atoms with Gasteiger partial charge in [0.15, 0.2) is 6.04 Å². The first-order valence-corrected chi connectivity index (χ1v) is 6.40. The number of rotatable bonds is 4. The molecular formula is C14H18N2O3. The normalized spacial score (nSPS) is 16.1. The monoisotopic (exact) mass is 262 g/mol. The van der Waals surface area contributed by atoms with Crippen LogP contribution in [0.3, 0.4) is 0 Å². The second-order valence-electron chi connectivity index (χ2n) is 4.61. The van der Waals surface area contributed by atoms with Gasteiger partial charge in [0, 0.05) is 6.04 Å². The molecule has 1 saturated carbocycles. The largest absolute Gasteiger partial charge is 0.467 e. The Bertz CT molecular complexity index is 443. The first kappa shape index (κ1) is 13.4. The van der Waals surface area contributed by atoms with E-state index >= 15 is 0 Å². The van der Waals surface area contributed by atoms with Gasteiger partial charge in [0.05, 0.1) is 7.11 Å². The maximum Gasteiger partial charge on any atom is 0.333 e.